The maximum atomic E-state index is 14.2. The Balaban J connectivity index is 1.59. The van der Waals surface area contributed by atoms with Gasteiger partial charge in [-0.3, -0.25) is 9.89 Å². The SMILES string of the molecule is COc1c(C(N)=O)ccc(N2CCN(C)CC2)c1-c1n[nH]c2ccc(OCc3c(F)ccc(F)c3Cl)cc12. The van der Waals surface area contributed by atoms with Crippen molar-refractivity contribution in [1.29, 1.82) is 0 Å². The number of nitrogens with two attached hydrogens (primary N) is 1. The molecule has 0 bridgehead atoms. The number of benzene rings is 3. The zero-order valence-corrected chi connectivity index (χ0v) is 21.6. The van der Waals surface area contributed by atoms with Crippen molar-refractivity contribution < 1.29 is 23.0 Å². The highest BCUT2D eigenvalue weighted by atomic mass is 35.5. The number of carbonyl (C=O) groups excluding carboxylic acids is 1. The average molecular weight is 542 g/mol. The minimum absolute atomic E-state index is 0.0765. The third-order valence-electron chi connectivity index (χ3n) is 6.74. The number of likely N-dealkylation sites (N-methyl/N-ethyl adjacent to an activating group) is 1. The second kappa shape index (κ2) is 10.5. The van der Waals surface area contributed by atoms with Crippen molar-refractivity contribution in [3.63, 3.8) is 0 Å². The van der Waals surface area contributed by atoms with E-state index >= 15 is 0 Å². The van der Waals surface area contributed by atoms with Crippen molar-refractivity contribution in [2.24, 2.45) is 5.73 Å². The van der Waals surface area contributed by atoms with Crippen LogP contribution in [0.3, 0.4) is 0 Å². The number of anilines is 1. The standard InChI is InChI=1S/C27H26ClF2N5O3/c1-34-9-11-35(12-10-34)22-8-4-16(27(31)36)26(37-2)23(22)25-17-13-15(3-7-21(17)32-33-25)38-14-18-19(29)5-6-20(30)24(18)28/h3-8,13H,9-12,14H2,1-2H3,(H2,31,36)(H,32,33). The summed E-state index contributed by atoms with van der Waals surface area (Å²) >= 11 is 5.95. The molecule has 1 fully saturated rings. The number of aromatic amines is 1. The summed E-state index contributed by atoms with van der Waals surface area (Å²) in [5.74, 6) is -1.29. The Bertz CT molecular complexity index is 1520. The largest absolute Gasteiger partial charge is 0.495 e. The molecule has 0 aliphatic carbocycles. The van der Waals surface area contributed by atoms with Crippen LogP contribution in [0.4, 0.5) is 14.5 Å². The molecule has 0 atom stereocenters. The molecule has 0 saturated carbocycles. The first-order chi connectivity index (χ1) is 18.3. The Morgan fingerprint density at radius 1 is 1.11 bits per heavy atom. The highest BCUT2D eigenvalue weighted by Gasteiger charge is 2.27. The lowest BCUT2D eigenvalue weighted by Crippen LogP contribution is -2.44. The van der Waals surface area contributed by atoms with Gasteiger partial charge in [0, 0.05) is 37.1 Å². The lowest BCUT2D eigenvalue weighted by Gasteiger charge is -2.35. The number of fused-ring (bicyclic) bond motifs is 1. The number of hydrogen-bond donors (Lipinski definition) is 2. The summed E-state index contributed by atoms with van der Waals surface area (Å²) in [6, 6.07) is 10.7. The molecule has 11 heteroatoms. The lowest BCUT2D eigenvalue weighted by atomic mass is 9.99. The van der Waals surface area contributed by atoms with Gasteiger partial charge in [-0.1, -0.05) is 11.6 Å². The summed E-state index contributed by atoms with van der Waals surface area (Å²) < 4.78 is 39.6. The van der Waals surface area contributed by atoms with Crippen LogP contribution >= 0.6 is 11.6 Å². The molecule has 1 amide bonds. The van der Waals surface area contributed by atoms with E-state index in [4.69, 9.17) is 26.8 Å². The minimum Gasteiger partial charge on any atom is -0.495 e. The van der Waals surface area contributed by atoms with Crippen LogP contribution in [-0.2, 0) is 6.61 Å². The van der Waals surface area contributed by atoms with Crippen molar-refractivity contribution in [3.8, 4) is 22.8 Å². The molecule has 1 aromatic heterocycles. The number of primary amides is 1. The van der Waals surface area contributed by atoms with E-state index in [2.05, 4.69) is 27.0 Å². The van der Waals surface area contributed by atoms with Crippen LogP contribution in [-0.4, -0.2) is 61.3 Å². The number of amides is 1. The Kier molecular flexibility index (Phi) is 7.09. The van der Waals surface area contributed by atoms with Gasteiger partial charge in [0.05, 0.1) is 34.5 Å². The van der Waals surface area contributed by atoms with E-state index in [1.165, 1.54) is 7.11 Å². The monoisotopic (exact) mass is 541 g/mol. The van der Waals surface area contributed by atoms with E-state index in [0.717, 1.165) is 44.0 Å². The van der Waals surface area contributed by atoms with Crippen molar-refractivity contribution in [2.75, 3.05) is 45.2 Å². The van der Waals surface area contributed by atoms with Crippen LogP contribution in [0.1, 0.15) is 15.9 Å². The molecular weight excluding hydrogens is 516 g/mol. The van der Waals surface area contributed by atoms with E-state index in [-0.39, 0.29) is 22.8 Å². The molecule has 38 heavy (non-hydrogen) atoms. The van der Waals surface area contributed by atoms with Crippen molar-refractivity contribution in [2.45, 2.75) is 6.61 Å². The first-order valence-corrected chi connectivity index (χ1v) is 12.3. The first-order valence-electron chi connectivity index (χ1n) is 12.0. The predicted octanol–water partition coefficient (Wildman–Crippen LogP) is 4.60. The van der Waals surface area contributed by atoms with Gasteiger partial charge in [-0.15, -0.1) is 0 Å². The molecule has 2 heterocycles. The number of halogens is 3. The maximum Gasteiger partial charge on any atom is 0.252 e. The molecule has 3 N–H and O–H groups in total. The maximum absolute atomic E-state index is 14.2. The lowest BCUT2D eigenvalue weighted by molar-refractivity contribution is 0.0997. The van der Waals surface area contributed by atoms with Gasteiger partial charge < -0.3 is 25.0 Å². The number of hydrogen-bond acceptors (Lipinski definition) is 6. The average Bonchev–Trinajstić information content (AvgIpc) is 3.33. The smallest absolute Gasteiger partial charge is 0.252 e. The third-order valence-corrected chi connectivity index (χ3v) is 7.15. The number of piperazine rings is 1. The predicted molar refractivity (Wildman–Crippen MR) is 142 cm³/mol. The molecule has 1 aliphatic heterocycles. The summed E-state index contributed by atoms with van der Waals surface area (Å²) in [7, 11) is 3.56. The highest BCUT2D eigenvalue weighted by Crippen LogP contribution is 2.43. The molecule has 8 nitrogen and oxygen atoms in total. The topological polar surface area (TPSA) is 96.7 Å². The molecule has 0 radical (unpaired) electrons. The van der Waals surface area contributed by atoms with Crippen LogP contribution in [0.25, 0.3) is 22.2 Å². The van der Waals surface area contributed by atoms with Crippen LogP contribution in [0.2, 0.25) is 5.02 Å². The zero-order chi connectivity index (χ0) is 27.0. The second-order valence-corrected chi connectivity index (χ2v) is 9.46. The van der Waals surface area contributed by atoms with Gasteiger partial charge in [-0.2, -0.15) is 5.10 Å². The number of aromatic nitrogens is 2. The number of nitrogens with one attached hydrogen (secondary N) is 1. The van der Waals surface area contributed by atoms with Gasteiger partial charge in [-0.25, -0.2) is 8.78 Å². The molecule has 1 saturated heterocycles. The molecule has 198 valence electrons. The molecule has 5 rings (SSSR count). The molecule has 4 aromatic rings. The Morgan fingerprint density at radius 2 is 1.84 bits per heavy atom. The van der Waals surface area contributed by atoms with Gasteiger partial charge in [0.1, 0.15) is 35.4 Å². The number of carbonyl (C=O) groups is 1. The fraction of sp³-hybridized carbons (Fsp3) is 0.259. The summed E-state index contributed by atoms with van der Waals surface area (Å²) in [6.07, 6.45) is 0. The Hall–Kier alpha value is -3.89. The van der Waals surface area contributed by atoms with Crippen molar-refractivity contribution >= 4 is 34.1 Å². The molecule has 3 aromatic carbocycles. The van der Waals surface area contributed by atoms with Crippen LogP contribution in [0.15, 0.2) is 42.5 Å². The first kappa shape index (κ1) is 25.7. The quantitative estimate of drug-likeness (QED) is 0.332. The molecule has 0 unspecified atom stereocenters. The van der Waals surface area contributed by atoms with Crippen LogP contribution in [0, 0.1) is 11.6 Å². The molecule has 1 aliphatic rings. The Labute approximate surface area is 222 Å². The van der Waals surface area contributed by atoms with E-state index < -0.39 is 17.5 Å². The normalized spacial score (nSPS) is 14.2. The van der Waals surface area contributed by atoms with E-state index in [1.54, 1.807) is 24.3 Å². The molecule has 0 spiro atoms. The summed E-state index contributed by atoms with van der Waals surface area (Å²) in [4.78, 5) is 16.7. The summed E-state index contributed by atoms with van der Waals surface area (Å²) in [6.45, 7) is 3.03. The van der Waals surface area contributed by atoms with E-state index in [1.807, 2.05) is 6.07 Å². The van der Waals surface area contributed by atoms with E-state index in [9.17, 15) is 13.6 Å². The van der Waals surface area contributed by atoms with E-state index in [0.29, 0.717) is 33.7 Å². The highest BCUT2D eigenvalue weighted by molar-refractivity contribution is 6.31. The Morgan fingerprint density at radius 3 is 2.55 bits per heavy atom. The zero-order valence-electron chi connectivity index (χ0n) is 20.9. The fourth-order valence-corrected chi connectivity index (χ4v) is 4.86. The number of rotatable bonds is 7. The van der Waals surface area contributed by atoms with Gasteiger partial charge in [0.2, 0.25) is 0 Å². The van der Waals surface area contributed by atoms with Crippen molar-refractivity contribution in [1.82, 2.24) is 15.1 Å². The number of nitrogens with zero attached hydrogens (tertiary/aromatic N) is 3. The molecular formula is C27H26ClF2N5O3. The summed E-state index contributed by atoms with van der Waals surface area (Å²) in [5.41, 5.74) is 8.55. The number of methoxy groups -OCH3 is 1. The number of H-pyrrole nitrogens is 1. The van der Waals surface area contributed by atoms with Gasteiger partial charge >= 0.3 is 0 Å². The summed E-state index contributed by atoms with van der Waals surface area (Å²) in [5, 5.41) is 7.94. The van der Waals surface area contributed by atoms with Gasteiger partial charge in [0.25, 0.3) is 5.91 Å². The number of ether oxygens (including phenoxy) is 2. The minimum atomic E-state index is -0.725. The third kappa shape index (κ3) is 4.72. The van der Waals surface area contributed by atoms with Crippen molar-refractivity contribution in [3.05, 3.63) is 70.2 Å². The van der Waals surface area contributed by atoms with Crippen LogP contribution in [0.5, 0.6) is 11.5 Å². The second-order valence-electron chi connectivity index (χ2n) is 9.09. The van der Waals surface area contributed by atoms with Gasteiger partial charge in [0.15, 0.2) is 0 Å². The fourth-order valence-electron chi connectivity index (χ4n) is 4.65. The van der Waals surface area contributed by atoms with Crippen LogP contribution < -0.4 is 20.1 Å². The van der Waals surface area contributed by atoms with Gasteiger partial charge in [-0.05, 0) is 49.5 Å².